The minimum atomic E-state index is -2.74. The third-order valence-electron chi connectivity index (χ3n) is 7.32. The number of H-pyrrole nitrogens is 1. The molecule has 5 rings (SSSR count). The van der Waals surface area contributed by atoms with Crippen LogP contribution in [0.25, 0.3) is 11.2 Å². The van der Waals surface area contributed by atoms with Gasteiger partial charge in [0, 0.05) is 0 Å². The van der Waals surface area contributed by atoms with E-state index in [-0.39, 0.29) is 23.5 Å². The van der Waals surface area contributed by atoms with Crippen molar-refractivity contribution in [1.82, 2.24) is 19.5 Å². The molecule has 0 bridgehead atoms. The average Bonchev–Trinajstić information content (AvgIpc) is 3.43. The van der Waals surface area contributed by atoms with E-state index in [0.29, 0.717) is 6.42 Å². The largest absolute Gasteiger partial charge is 0.394 e. The van der Waals surface area contributed by atoms with Gasteiger partial charge in [-0.3, -0.25) is 14.3 Å². The molecule has 1 fully saturated rings. The molecule has 4 atom stereocenters. The topological polar surface area (TPSA) is 160 Å². The van der Waals surface area contributed by atoms with Crippen molar-refractivity contribution in [3.05, 3.63) is 77.3 Å². The van der Waals surface area contributed by atoms with Crippen molar-refractivity contribution in [2.24, 2.45) is 0 Å². The molecule has 37 heavy (non-hydrogen) atoms. The number of unbranched alkanes of at least 4 members (excludes halogenated alkanes) is 1. The monoisotopic (exact) mass is 521 g/mol. The van der Waals surface area contributed by atoms with Gasteiger partial charge in [0.05, 0.1) is 12.9 Å². The smallest absolute Gasteiger partial charge is 0.280 e. The molecule has 3 heterocycles. The lowest BCUT2D eigenvalue weighted by Gasteiger charge is -2.47. The van der Waals surface area contributed by atoms with Crippen LogP contribution in [0.3, 0.4) is 0 Å². The van der Waals surface area contributed by atoms with E-state index < -0.39 is 44.1 Å². The van der Waals surface area contributed by atoms with Crippen molar-refractivity contribution in [2.75, 3.05) is 12.3 Å². The number of aliphatic hydroxyl groups is 3. The molecule has 2 aromatic heterocycles. The zero-order valence-electron chi connectivity index (χ0n) is 20.5. The van der Waals surface area contributed by atoms with Crippen LogP contribution >= 0.6 is 0 Å². The summed E-state index contributed by atoms with van der Waals surface area (Å²) in [6.45, 7) is 1.49. The van der Waals surface area contributed by atoms with Crippen molar-refractivity contribution in [3.8, 4) is 0 Å². The van der Waals surface area contributed by atoms with Crippen LogP contribution in [0.4, 0.5) is 5.95 Å². The number of hydrogen-bond donors (Lipinski definition) is 5. The van der Waals surface area contributed by atoms with Gasteiger partial charge in [0.25, 0.3) is 5.56 Å². The van der Waals surface area contributed by atoms with E-state index in [0.717, 1.165) is 16.8 Å². The zero-order valence-corrected chi connectivity index (χ0v) is 21.6. The first kappa shape index (κ1) is 25.3. The van der Waals surface area contributed by atoms with Crippen molar-refractivity contribution in [2.45, 2.75) is 49.3 Å². The summed E-state index contributed by atoms with van der Waals surface area (Å²) in [4.78, 5) is 23.9. The fraction of sp³-hybridized carbons (Fsp3) is 0.346. The number of nitrogens with two attached hydrogens (primary N) is 1. The highest BCUT2D eigenvalue weighted by Gasteiger charge is 2.69. The molecular weight excluding hydrogens is 490 g/mol. The predicted octanol–water partition coefficient (Wildman–Crippen LogP) is -0.391. The normalized spacial score (nSPS) is 25.8. The standard InChI is InChI=1S/C26H31N5O5Si/c1-2-3-14-25(35)21(33)19(15-32)36-26(25,31-16-28-20-22(31)29-24(27)30-23(20)34)37(17-10-6-4-7-11-17)18-12-8-5-9-13-18/h4-13,16,19,21,32-33,35,37H,2-3,14-15H2,1H3,(H3,27,29,30,34)/t19-,21-,25-,26+/m1/s1. The Morgan fingerprint density at radius 3 is 2.32 bits per heavy atom. The summed E-state index contributed by atoms with van der Waals surface area (Å²) in [5.41, 5.74) is 3.72. The molecular formula is C26H31N5O5Si. The lowest BCUT2D eigenvalue weighted by molar-refractivity contribution is -0.146. The number of aromatic amines is 1. The van der Waals surface area contributed by atoms with Crippen LogP contribution < -0.4 is 21.7 Å². The Bertz CT molecular complexity index is 1390. The Kier molecular flexibility index (Phi) is 6.73. The van der Waals surface area contributed by atoms with Crippen molar-refractivity contribution < 1.29 is 20.1 Å². The molecule has 1 saturated heterocycles. The molecule has 0 aliphatic carbocycles. The second-order valence-electron chi connectivity index (χ2n) is 9.50. The van der Waals surface area contributed by atoms with Gasteiger partial charge >= 0.3 is 0 Å². The highest BCUT2D eigenvalue weighted by Crippen LogP contribution is 2.49. The van der Waals surface area contributed by atoms with Crippen molar-refractivity contribution >= 4 is 36.3 Å². The van der Waals surface area contributed by atoms with E-state index in [1.807, 2.05) is 67.6 Å². The molecule has 4 aromatic rings. The van der Waals surface area contributed by atoms with Crippen LogP contribution in [0.1, 0.15) is 26.2 Å². The van der Waals surface area contributed by atoms with Gasteiger partial charge in [0.2, 0.25) is 5.95 Å². The number of hydrogen-bond acceptors (Lipinski definition) is 8. The summed E-state index contributed by atoms with van der Waals surface area (Å²) in [5.74, 6) is -0.110. The third-order valence-corrected chi connectivity index (χ3v) is 11.1. The van der Waals surface area contributed by atoms with Crippen LogP contribution in [-0.4, -0.2) is 68.1 Å². The maximum absolute atomic E-state index is 12.7. The minimum absolute atomic E-state index is 0.0332. The van der Waals surface area contributed by atoms with Gasteiger partial charge in [-0.15, -0.1) is 0 Å². The fourth-order valence-corrected chi connectivity index (χ4v) is 9.75. The molecule has 0 amide bonds. The highest BCUT2D eigenvalue weighted by atomic mass is 28.3. The van der Waals surface area contributed by atoms with Gasteiger partial charge in [-0.2, -0.15) is 4.98 Å². The number of aliphatic hydroxyl groups excluding tert-OH is 2. The maximum Gasteiger partial charge on any atom is 0.280 e. The Balaban J connectivity index is 1.92. The summed E-state index contributed by atoms with van der Waals surface area (Å²) in [5, 5.41) is 34.6. The van der Waals surface area contributed by atoms with Crippen LogP contribution in [-0.2, 0) is 10.1 Å². The summed E-state index contributed by atoms with van der Waals surface area (Å²) >= 11 is 0. The van der Waals surface area contributed by atoms with Gasteiger partial charge in [0.1, 0.15) is 17.8 Å². The molecule has 1 aliphatic rings. The van der Waals surface area contributed by atoms with E-state index >= 15 is 0 Å². The first-order valence-electron chi connectivity index (χ1n) is 12.4. The van der Waals surface area contributed by atoms with Gasteiger partial charge in [-0.05, 0) is 6.42 Å². The Hall–Kier alpha value is -3.35. The van der Waals surface area contributed by atoms with E-state index in [2.05, 4.69) is 15.0 Å². The number of aromatic nitrogens is 4. The summed E-state index contributed by atoms with van der Waals surface area (Å²) in [6.07, 6.45) is 0.450. The molecule has 0 saturated carbocycles. The molecule has 194 valence electrons. The molecule has 10 nitrogen and oxygen atoms in total. The van der Waals surface area contributed by atoms with E-state index in [1.54, 1.807) is 4.57 Å². The van der Waals surface area contributed by atoms with E-state index in [4.69, 9.17) is 10.5 Å². The van der Waals surface area contributed by atoms with Crippen LogP contribution in [0.2, 0.25) is 0 Å². The first-order chi connectivity index (χ1) is 17.9. The van der Waals surface area contributed by atoms with E-state index in [9.17, 15) is 20.1 Å². The SMILES string of the molecule is CCCC[C@@]1(O)[C@H](O)[C@@H](CO)O[C@]1(n1cnc2c(=O)[nH]c(N)nc21)[SiH](c1ccccc1)c1ccccc1. The van der Waals surface area contributed by atoms with Crippen LogP contribution in [0, 0.1) is 0 Å². The highest BCUT2D eigenvalue weighted by molar-refractivity contribution is 6.87. The van der Waals surface area contributed by atoms with Gasteiger partial charge in [-0.25, -0.2) is 4.98 Å². The van der Waals surface area contributed by atoms with Crippen molar-refractivity contribution in [3.63, 3.8) is 0 Å². The number of nitrogens with zero attached hydrogens (tertiary/aromatic N) is 3. The number of imidazole rings is 1. The second-order valence-corrected chi connectivity index (χ2v) is 12.5. The third kappa shape index (κ3) is 3.90. The Labute approximate surface area is 215 Å². The van der Waals surface area contributed by atoms with Gasteiger partial charge < -0.3 is 25.8 Å². The Morgan fingerprint density at radius 2 is 1.76 bits per heavy atom. The average molecular weight is 522 g/mol. The number of fused-ring (bicyclic) bond motifs is 1. The second kappa shape index (κ2) is 9.84. The molecule has 0 unspecified atom stereocenters. The summed E-state index contributed by atoms with van der Waals surface area (Å²) in [7, 11) is -2.74. The lowest BCUT2D eigenvalue weighted by atomic mass is 9.88. The number of rotatable bonds is 8. The number of nitrogens with one attached hydrogen (secondary N) is 1. The number of nitrogen functional groups attached to an aromatic ring is 1. The quantitative estimate of drug-likeness (QED) is 0.196. The molecule has 2 aromatic carbocycles. The molecule has 0 radical (unpaired) electrons. The Morgan fingerprint density at radius 1 is 1.14 bits per heavy atom. The molecule has 1 aliphatic heterocycles. The maximum atomic E-state index is 12.7. The van der Waals surface area contributed by atoms with Crippen LogP contribution in [0.15, 0.2) is 71.8 Å². The van der Waals surface area contributed by atoms with E-state index in [1.165, 1.54) is 6.33 Å². The first-order valence-corrected chi connectivity index (χ1v) is 14.1. The fourth-order valence-electron chi connectivity index (χ4n) is 5.65. The summed E-state index contributed by atoms with van der Waals surface area (Å²) < 4.78 is 8.24. The lowest BCUT2D eigenvalue weighted by Crippen LogP contribution is -2.71. The zero-order chi connectivity index (χ0) is 26.2. The summed E-state index contributed by atoms with van der Waals surface area (Å²) in [6, 6.07) is 19.4. The van der Waals surface area contributed by atoms with Gasteiger partial charge in [-0.1, -0.05) is 90.8 Å². The molecule has 6 N–H and O–H groups in total. The van der Waals surface area contributed by atoms with Gasteiger partial charge in [0.15, 0.2) is 25.3 Å². The minimum Gasteiger partial charge on any atom is -0.394 e. The number of ether oxygens (including phenoxy) is 1. The molecule has 11 heteroatoms. The molecule has 0 spiro atoms. The number of benzene rings is 2. The van der Waals surface area contributed by atoms with Crippen LogP contribution in [0.5, 0.6) is 0 Å². The van der Waals surface area contributed by atoms with Crippen molar-refractivity contribution in [1.29, 1.82) is 0 Å². The number of anilines is 1. The predicted molar refractivity (Wildman–Crippen MR) is 142 cm³/mol.